The number of amides is 1. The van der Waals surface area contributed by atoms with Crippen molar-refractivity contribution in [3.05, 3.63) is 101 Å². The number of hydrogen-bond acceptors (Lipinski definition) is 4. The van der Waals surface area contributed by atoms with Crippen LogP contribution in [0.25, 0.3) is 21.2 Å². The topological polar surface area (TPSA) is 45.2 Å². The summed E-state index contributed by atoms with van der Waals surface area (Å²) in [4.78, 5) is 20.8. The van der Waals surface area contributed by atoms with Crippen LogP contribution in [-0.4, -0.2) is 34.4 Å². The fourth-order valence-electron chi connectivity index (χ4n) is 5.03. The van der Waals surface area contributed by atoms with Crippen molar-refractivity contribution < 1.29 is 4.79 Å². The van der Waals surface area contributed by atoms with Crippen LogP contribution in [0.1, 0.15) is 40.9 Å². The minimum absolute atomic E-state index is 0.0295. The average molecular weight is 516 g/mol. The van der Waals surface area contributed by atoms with Crippen LogP contribution in [0.5, 0.6) is 0 Å². The van der Waals surface area contributed by atoms with Gasteiger partial charge in [0, 0.05) is 47.7 Å². The van der Waals surface area contributed by atoms with Crippen molar-refractivity contribution >= 4 is 38.9 Å². The van der Waals surface area contributed by atoms with Gasteiger partial charge in [0.1, 0.15) is 4.88 Å². The SMILES string of the molecule is C=CCNC1CCC(N(Cc2ccc(-c3ccncc3)cc2)C(=O)c2sc3ccccc3c2Cl)CC1. The van der Waals surface area contributed by atoms with Gasteiger partial charge in [0.2, 0.25) is 0 Å². The fourth-order valence-corrected chi connectivity index (χ4v) is 6.50. The number of carbonyl (C=O) groups is 1. The Morgan fingerprint density at radius 3 is 2.42 bits per heavy atom. The Morgan fingerprint density at radius 1 is 1.03 bits per heavy atom. The van der Waals surface area contributed by atoms with Crippen molar-refractivity contribution in [3.63, 3.8) is 0 Å². The van der Waals surface area contributed by atoms with E-state index >= 15 is 0 Å². The maximum atomic E-state index is 14.0. The molecule has 0 atom stereocenters. The minimum Gasteiger partial charge on any atom is -0.331 e. The summed E-state index contributed by atoms with van der Waals surface area (Å²) in [7, 11) is 0. The van der Waals surface area contributed by atoms with Gasteiger partial charge in [-0.1, -0.05) is 60.1 Å². The Bertz CT molecular complexity index is 1330. The summed E-state index contributed by atoms with van der Waals surface area (Å²) >= 11 is 8.24. The molecular weight excluding hydrogens is 486 g/mol. The average Bonchev–Trinajstić information content (AvgIpc) is 3.28. The van der Waals surface area contributed by atoms with Crippen LogP contribution >= 0.6 is 22.9 Å². The molecule has 1 fully saturated rings. The summed E-state index contributed by atoms with van der Waals surface area (Å²) in [5.74, 6) is 0.0295. The molecular formula is C30H30ClN3OS. The second kappa shape index (κ2) is 11.4. The molecule has 184 valence electrons. The molecule has 0 bridgehead atoms. The monoisotopic (exact) mass is 515 g/mol. The van der Waals surface area contributed by atoms with Gasteiger partial charge in [-0.2, -0.15) is 0 Å². The molecule has 2 heterocycles. The van der Waals surface area contributed by atoms with Gasteiger partial charge in [-0.15, -0.1) is 17.9 Å². The van der Waals surface area contributed by atoms with Gasteiger partial charge in [-0.3, -0.25) is 9.78 Å². The van der Waals surface area contributed by atoms with Crippen LogP contribution in [0.15, 0.2) is 85.7 Å². The van der Waals surface area contributed by atoms with E-state index in [9.17, 15) is 4.79 Å². The van der Waals surface area contributed by atoms with Crippen molar-refractivity contribution in [3.8, 4) is 11.1 Å². The van der Waals surface area contributed by atoms with E-state index in [1.54, 1.807) is 12.4 Å². The number of aromatic nitrogens is 1. The number of halogens is 1. The molecule has 5 rings (SSSR count). The summed E-state index contributed by atoms with van der Waals surface area (Å²) in [5.41, 5.74) is 3.39. The van der Waals surface area contributed by atoms with Crippen molar-refractivity contribution in [1.29, 1.82) is 0 Å². The van der Waals surface area contributed by atoms with Gasteiger partial charge >= 0.3 is 0 Å². The fraction of sp³-hybridized carbons (Fsp3) is 0.267. The van der Waals surface area contributed by atoms with Crippen molar-refractivity contribution in [2.24, 2.45) is 0 Å². The quantitative estimate of drug-likeness (QED) is 0.249. The maximum Gasteiger partial charge on any atom is 0.266 e. The van der Waals surface area contributed by atoms with E-state index in [4.69, 9.17) is 11.6 Å². The molecule has 0 aliphatic heterocycles. The summed E-state index contributed by atoms with van der Waals surface area (Å²) in [6, 6.07) is 21.1. The minimum atomic E-state index is 0.0295. The second-order valence-corrected chi connectivity index (χ2v) is 10.7. The molecule has 2 aromatic heterocycles. The molecule has 0 saturated heterocycles. The molecule has 1 aliphatic carbocycles. The molecule has 0 unspecified atom stereocenters. The number of pyridine rings is 1. The molecule has 1 aliphatic rings. The molecule has 0 spiro atoms. The van der Waals surface area contributed by atoms with E-state index in [-0.39, 0.29) is 11.9 Å². The zero-order chi connectivity index (χ0) is 24.9. The van der Waals surface area contributed by atoms with Crippen molar-refractivity contribution in [1.82, 2.24) is 15.2 Å². The zero-order valence-corrected chi connectivity index (χ0v) is 21.8. The van der Waals surface area contributed by atoms with E-state index in [2.05, 4.69) is 46.0 Å². The Morgan fingerprint density at radius 2 is 1.72 bits per heavy atom. The highest BCUT2D eigenvalue weighted by molar-refractivity contribution is 7.21. The lowest BCUT2D eigenvalue weighted by atomic mass is 9.89. The smallest absolute Gasteiger partial charge is 0.266 e. The zero-order valence-electron chi connectivity index (χ0n) is 20.2. The Kier molecular flexibility index (Phi) is 7.81. The summed E-state index contributed by atoms with van der Waals surface area (Å²) in [6.07, 6.45) is 9.54. The van der Waals surface area contributed by atoms with E-state index in [1.807, 2.05) is 42.5 Å². The van der Waals surface area contributed by atoms with Crippen molar-refractivity contribution in [2.45, 2.75) is 44.3 Å². The van der Waals surface area contributed by atoms with E-state index in [1.165, 1.54) is 11.3 Å². The molecule has 4 nitrogen and oxygen atoms in total. The predicted molar refractivity (Wildman–Crippen MR) is 151 cm³/mol. The maximum absolute atomic E-state index is 14.0. The standard InChI is InChI=1S/C30H30ClN3OS/c1-2-17-33-24-11-13-25(14-12-24)34(30(35)29-28(31)26-5-3-4-6-27(26)36-29)20-21-7-9-22(10-8-21)23-15-18-32-19-16-23/h2-10,15-16,18-19,24-25,33H,1,11-14,17,20H2. The second-order valence-electron chi connectivity index (χ2n) is 9.31. The van der Waals surface area contributed by atoms with Crippen LogP contribution in [0.3, 0.4) is 0 Å². The molecule has 1 amide bonds. The highest BCUT2D eigenvalue weighted by Crippen LogP contribution is 2.37. The van der Waals surface area contributed by atoms with E-state index in [0.29, 0.717) is 22.5 Å². The molecule has 1 N–H and O–H groups in total. The number of nitrogens with one attached hydrogen (secondary N) is 1. The molecule has 36 heavy (non-hydrogen) atoms. The number of hydrogen-bond donors (Lipinski definition) is 1. The van der Waals surface area contributed by atoms with Gasteiger partial charge in [0.25, 0.3) is 5.91 Å². The van der Waals surface area contributed by atoms with Crippen LogP contribution in [0.4, 0.5) is 0 Å². The first-order valence-corrected chi connectivity index (χ1v) is 13.6. The highest BCUT2D eigenvalue weighted by atomic mass is 35.5. The first-order chi connectivity index (χ1) is 17.6. The van der Waals surface area contributed by atoms with Gasteiger partial charge in [-0.25, -0.2) is 0 Å². The van der Waals surface area contributed by atoms with Crippen LogP contribution < -0.4 is 5.32 Å². The molecule has 4 aromatic rings. The van der Waals surface area contributed by atoms with E-state index < -0.39 is 0 Å². The number of fused-ring (bicyclic) bond motifs is 1. The summed E-state index contributed by atoms with van der Waals surface area (Å²) < 4.78 is 1.05. The predicted octanol–water partition coefficient (Wildman–Crippen LogP) is 7.35. The van der Waals surface area contributed by atoms with Crippen LogP contribution in [0, 0.1) is 0 Å². The van der Waals surface area contributed by atoms with Gasteiger partial charge in [0.05, 0.1) is 5.02 Å². The molecule has 6 heteroatoms. The van der Waals surface area contributed by atoms with Gasteiger partial charge < -0.3 is 10.2 Å². The largest absolute Gasteiger partial charge is 0.331 e. The third-order valence-electron chi connectivity index (χ3n) is 7.00. The lowest BCUT2D eigenvalue weighted by Gasteiger charge is -2.37. The van der Waals surface area contributed by atoms with Crippen molar-refractivity contribution in [2.75, 3.05) is 6.54 Å². The Hall–Kier alpha value is -2.99. The third kappa shape index (κ3) is 5.39. The molecule has 2 aromatic carbocycles. The Labute approximate surface area is 221 Å². The summed E-state index contributed by atoms with van der Waals surface area (Å²) in [5, 5.41) is 5.06. The number of benzene rings is 2. The Balaban J connectivity index is 1.40. The van der Waals surface area contributed by atoms with Crippen LogP contribution in [0.2, 0.25) is 5.02 Å². The first-order valence-electron chi connectivity index (χ1n) is 12.5. The van der Waals surface area contributed by atoms with Gasteiger partial charge in [-0.05, 0) is 60.6 Å². The molecule has 1 saturated carbocycles. The third-order valence-corrected chi connectivity index (χ3v) is 8.66. The number of nitrogens with zero attached hydrogens (tertiary/aromatic N) is 2. The number of thiophene rings is 1. The summed E-state index contributed by atoms with van der Waals surface area (Å²) in [6.45, 7) is 5.20. The first kappa shape index (κ1) is 24.7. The highest BCUT2D eigenvalue weighted by Gasteiger charge is 2.31. The lowest BCUT2D eigenvalue weighted by molar-refractivity contribution is 0.0605. The lowest BCUT2D eigenvalue weighted by Crippen LogP contribution is -2.44. The van der Waals surface area contributed by atoms with E-state index in [0.717, 1.165) is 59.0 Å². The number of carbonyl (C=O) groups excluding carboxylic acids is 1. The normalized spacial score (nSPS) is 17.7. The van der Waals surface area contributed by atoms with Crippen LogP contribution in [-0.2, 0) is 6.54 Å². The number of rotatable bonds is 8. The van der Waals surface area contributed by atoms with Gasteiger partial charge in [0.15, 0.2) is 0 Å². The molecule has 0 radical (unpaired) electrons.